The molecule has 2 aromatic carbocycles. The predicted molar refractivity (Wildman–Crippen MR) is 154 cm³/mol. The second-order valence-corrected chi connectivity index (χ2v) is 12.3. The molecule has 0 unspecified atom stereocenters. The highest BCUT2D eigenvalue weighted by molar-refractivity contribution is 7.14. The number of amides is 1. The fourth-order valence-corrected chi connectivity index (χ4v) is 7.39. The number of nitrogens with zero attached hydrogens (tertiary/aromatic N) is 3. The molecule has 2 aliphatic heterocycles. The van der Waals surface area contributed by atoms with Gasteiger partial charge in [-0.2, -0.15) is 0 Å². The van der Waals surface area contributed by atoms with E-state index in [1.54, 1.807) is 16.2 Å². The molecule has 6 rings (SSSR count). The number of ether oxygens (including phenoxy) is 1. The Labute approximate surface area is 238 Å². The summed E-state index contributed by atoms with van der Waals surface area (Å²) in [6, 6.07) is 11.8. The quantitative estimate of drug-likeness (QED) is 0.429. The molecule has 0 radical (unpaired) electrons. The number of anilines is 1. The van der Waals surface area contributed by atoms with Crippen molar-refractivity contribution in [3.8, 4) is 17.0 Å². The summed E-state index contributed by atoms with van der Waals surface area (Å²) in [5.74, 6) is 0.194. The van der Waals surface area contributed by atoms with Crippen LogP contribution in [0.15, 0.2) is 41.8 Å². The molecule has 3 aromatic rings. The monoisotopic (exact) mass is 561 g/mol. The number of carboxylic acid groups (broad SMARTS) is 1. The Balaban J connectivity index is 1.16. The second kappa shape index (κ2) is 10.9. The molecule has 1 aliphatic carbocycles. The molecule has 3 aliphatic rings. The lowest BCUT2D eigenvalue weighted by molar-refractivity contribution is -0.144. The number of piperidine rings is 1. The van der Waals surface area contributed by atoms with E-state index in [1.807, 2.05) is 44.2 Å². The molecule has 4 atom stereocenters. The van der Waals surface area contributed by atoms with Crippen LogP contribution in [0.1, 0.15) is 46.3 Å². The topological polar surface area (TPSA) is 103 Å². The predicted octanol–water partition coefficient (Wildman–Crippen LogP) is 4.76. The van der Waals surface area contributed by atoms with Crippen molar-refractivity contribution in [2.24, 2.45) is 17.8 Å². The lowest BCUT2D eigenvalue weighted by atomic mass is 9.85. The Morgan fingerprint density at radius 1 is 1.05 bits per heavy atom. The van der Waals surface area contributed by atoms with Crippen molar-refractivity contribution in [2.45, 2.75) is 45.8 Å². The van der Waals surface area contributed by atoms with Crippen molar-refractivity contribution in [3.05, 3.63) is 64.0 Å². The standard InChI is InChI=1S/C31H35N3O5S/c1-18-3-8-27(39-16-23-7-4-20(12-19(23)2)29(36)33-10-9-24(35)15-33)25(11-18)26-17-40-31(32-26)34-13-21-5-6-22(14-34)28(21)30(37)38/h3-4,7-8,11-12,17,21-22,24,28,35H,5-6,9-10,13-16H2,1-2H3,(H,37,38)/t21-,22+,24-,28+/m1/s1. The highest BCUT2D eigenvalue weighted by Gasteiger charge is 2.46. The van der Waals surface area contributed by atoms with Gasteiger partial charge >= 0.3 is 5.97 Å². The lowest BCUT2D eigenvalue weighted by Gasteiger charge is -2.35. The zero-order valence-electron chi connectivity index (χ0n) is 22.9. The molecule has 3 heterocycles. The minimum atomic E-state index is -0.656. The Kier molecular flexibility index (Phi) is 7.27. The number of benzene rings is 2. The summed E-state index contributed by atoms with van der Waals surface area (Å²) in [5.41, 5.74) is 5.51. The first-order chi connectivity index (χ1) is 19.3. The summed E-state index contributed by atoms with van der Waals surface area (Å²) in [7, 11) is 0. The number of aliphatic hydroxyl groups is 1. The molecule has 0 spiro atoms. The molecule has 40 heavy (non-hydrogen) atoms. The summed E-state index contributed by atoms with van der Waals surface area (Å²) in [5, 5.41) is 22.4. The Morgan fingerprint density at radius 3 is 2.50 bits per heavy atom. The summed E-state index contributed by atoms with van der Waals surface area (Å²) < 4.78 is 6.32. The minimum Gasteiger partial charge on any atom is -0.488 e. The van der Waals surface area contributed by atoms with Crippen molar-refractivity contribution in [1.82, 2.24) is 9.88 Å². The first kappa shape index (κ1) is 26.8. The van der Waals surface area contributed by atoms with E-state index in [1.165, 1.54) is 0 Å². The van der Waals surface area contributed by atoms with Crippen molar-refractivity contribution in [2.75, 3.05) is 31.1 Å². The van der Waals surface area contributed by atoms with Crippen LogP contribution in [0.2, 0.25) is 0 Å². The number of thiazole rings is 1. The van der Waals surface area contributed by atoms with Gasteiger partial charge in [0.25, 0.3) is 5.91 Å². The Hall–Kier alpha value is -3.43. The Bertz CT molecular complexity index is 1420. The van der Waals surface area contributed by atoms with Crippen LogP contribution < -0.4 is 9.64 Å². The average Bonchev–Trinajstić information content (AvgIpc) is 3.66. The van der Waals surface area contributed by atoms with Gasteiger partial charge < -0.3 is 24.7 Å². The van der Waals surface area contributed by atoms with Crippen LogP contribution in [0.25, 0.3) is 11.3 Å². The maximum atomic E-state index is 12.8. The number of carbonyl (C=O) groups is 2. The van der Waals surface area contributed by atoms with Crippen LogP contribution >= 0.6 is 11.3 Å². The van der Waals surface area contributed by atoms with Gasteiger partial charge in [0, 0.05) is 42.7 Å². The number of rotatable bonds is 7. The molecule has 9 heteroatoms. The van der Waals surface area contributed by atoms with Gasteiger partial charge in [-0.1, -0.05) is 17.7 Å². The van der Waals surface area contributed by atoms with E-state index >= 15 is 0 Å². The third kappa shape index (κ3) is 5.20. The summed E-state index contributed by atoms with van der Waals surface area (Å²) >= 11 is 1.60. The zero-order valence-corrected chi connectivity index (χ0v) is 23.7. The number of hydrogen-bond donors (Lipinski definition) is 2. The van der Waals surface area contributed by atoms with Crippen molar-refractivity contribution >= 4 is 28.3 Å². The van der Waals surface area contributed by atoms with Gasteiger partial charge in [0.15, 0.2) is 5.13 Å². The number of β-amino-alcohol motifs (C(OH)–C–C–N with tert-alkyl or cyclic N) is 1. The van der Waals surface area contributed by atoms with Gasteiger partial charge in [-0.15, -0.1) is 11.3 Å². The van der Waals surface area contributed by atoms with Crippen LogP contribution in [0, 0.1) is 31.6 Å². The van der Waals surface area contributed by atoms with Crippen LogP contribution in [-0.2, 0) is 11.4 Å². The van der Waals surface area contributed by atoms with E-state index in [2.05, 4.69) is 16.3 Å². The third-order valence-electron chi connectivity index (χ3n) is 8.72. The maximum absolute atomic E-state index is 12.8. The SMILES string of the molecule is Cc1ccc(OCc2ccc(C(=O)N3CC[C@@H](O)C3)cc2C)c(-c2csc(N3C[C@H]4CC[C@@H](C3)[C@H]4C(=O)O)n2)c1. The number of carbonyl (C=O) groups excluding carboxylic acids is 1. The molecule has 2 bridgehead atoms. The lowest BCUT2D eigenvalue weighted by Crippen LogP contribution is -2.44. The van der Waals surface area contributed by atoms with Crippen LogP contribution in [-0.4, -0.2) is 64.3 Å². The van der Waals surface area contributed by atoms with Gasteiger partial charge in [0.2, 0.25) is 0 Å². The first-order valence-electron chi connectivity index (χ1n) is 14.0. The number of likely N-dealkylation sites (tertiary alicyclic amines) is 1. The number of aromatic nitrogens is 1. The molecule has 3 fully saturated rings. The van der Waals surface area contributed by atoms with Gasteiger partial charge in [-0.05, 0) is 80.3 Å². The van der Waals surface area contributed by atoms with E-state index in [4.69, 9.17) is 9.72 Å². The van der Waals surface area contributed by atoms with Crippen molar-refractivity contribution in [3.63, 3.8) is 0 Å². The number of hydrogen-bond acceptors (Lipinski definition) is 7. The summed E-state index contributed by atoms with van der Waals surface area (Å²) in [4.78, 5) is 33.5. The number of aliphatic hydroxyl groups excluding tert-OH is 1. The van der Waals surface area contributed by atoms with Crippen molar-refractivity contribution in [1.29, 1.82) is 0 Å². The van der Waals surface area contributed by atoms with Crippen LogP contribution in [0.5, 0.6) is 5.75 Å². The van der Waals surface area contributed by atoms with Gasteiger partial charge in [-0.3, -0.25) is 9.59 Å². The van der Waals surface area contributed by atoms with E-state index < -0.39 is 12.1 Å². The second-order valence-electron chi connectivity index (χ2n) is 11.5. The molecule has 1 amide bonds. The number of aryl methyl sites for hydroxylation is 2. The largest absolute Gasteiger partial charge is 0.488 e. The van der Waals surface area contributed by atoms with Crippen LogP contribution in [0.4, 0.5) is 5.13 Å². The molecule has 2 saturated heterocycles. The van der Waals surface area contributed by atoms with E-state index in [9.17, 15) is 19.8 Å². The molecule has 210 valence electrons. The fraction of sp³-hybridized carbons (Fsp3) is 0.452. The molecular formula is C31H35N3O5S. The third-order valence-corrected chi connectivity index (χ3v) is 9.62. The van der Waals surface area contributed by atoms with Crippen molar-refractivity contribution < 1.29 is 24.5 Å². The fourth-order valence-electron chi connectivity index (χ4n) is 6.54. The van der Waals surface area contributed by atoms with Gasteiger partial charge in [0.1, 0.15) is 12.4 Å². The molecule has 8 nitrogen and oxygen atoms in total. The molecule has 2 N–H and O–H groups in total. The van der Waals surface area contributed by atoms with Gasteiger partial charge in [-0.25, -0.2) is 4.98 Å². The smallest absolute Gasteiger partial charge is 0.307 e. The average molecular weight is 562 g/mol. The maximum Gasteiger partial charge on any atom is 0.307 e. The minimum absolute atomic E-state index is 0.0486. The highest BCUT2D eigenvalue weighted by atomic mass is 32.1. The number of carboxylic acids is 1. The van der Waals surface area contributed by atoms with Crippen LogP contribution in [0.3, 0.4) is 0 Å². The Morgan fingerprint density at radius 2 is 1.82 bits per heavy atom. The zero-order chi connectivity index (χ0) is 28.0. The number of fused-ring (bicyclic) bond motifs is 2. The first-order valence-corrected chi connectivity index (χ1v) is 14.9. The summed E-state index contributed by atoms with van der Waals surface area (Å²) in [6.07, 6.45) is 2.14. The highest BCUT2D eigenvalue weighted by Crippen LogP contribution is 2.44. The normalized spacial score (nSPS) is 24.0. The van der Waals surface area contributed by atoms with E-state index in [0.29, 0.717) is 31.7 Å². The van der Waals surface area contributed by atoms with Gasteiger partial charge in [0.05, 0.1) is 17.7 Å². The van der Waals surface area contributed by atoms with E-state index in [0.717, 1.165) is 64.8 Å². The summed E-state index contributed by atoms with van der Waals surface area (Å²) in [6.45, 7) is 6.86. The molecule has 1 saturated carbocycles. The van der Waals surface area contributed by atoms with E-state index in [-0.39, 0.29) is 23.7 Å². The molecular weight excluding hydrogens is 526 g/mol. The molecule has 1 aromatic heterocycles. The number of aliphatic carboxylic acids is 1.